The van der Waals surface area contributed by atoms with Gasteiger partial charge in [0.25, 0.3) is 0 Å². The highest BCUT2D eigenvalue weighted by atomic mass is 19.4. The Labute approximate surface area is 188 Å². The normalized spacial score (nSPS) is 22.2. The van der Waals surface area contributed by atoms with Gasteiger partial charge in [-0.25, -0.2) is 4.39 Å². The van der Waals surface area contributed by atoms with E-state index in [9.17, 15) is 30.7 Å². The first-order chi connectivity index (χ1) is 15.5. The molecule has 2 nitrogen and oxygen atoms in total. The lowest BCUT2D eigenvalue weighted by Crippen LogP contribution is -2.25. The van der Waals surface area contributed by atoms with Crippen molar-refractivity contribution in [2.75, 3.05) is 13.6 Å². The van der Waals surface area contributed by atoms with Crippen LogP contribution in [0, 0.1) is 11.7 Å². The molecule has 2 aromatic carbocycles. The zero-order valence-electron chi connectivity index (χ0n) is 18.1. The van der Waals surface area contributed by atoms with Gasteiger partial charge in [0.05, 0.1) is 23.8 Å². The Hall–Kier alpha value is -2.13. The van der Waals surface area contributed by atoms with Gasteiger partial charge in [-0.05, 0) is 80.2 Å². The highest BCUT2D eigenvalue weighted by molar-refractivity contribution is 5.33. The van der Waals surface area contributed by atoms with E-state index in [4.69, 9.17) is 4.74 Å². The zero-order chi connectivity index (χ0) is 24.2. The molecule has 0 spiro atoms. The molecule has 1 N–H and O–H groups in total. The molecule has 0 aliphatic heterocycles. The molecule has 0 saturated heterocycles. The highest BCUT2D eigenvalue weighted by Gasteiger charge is 2.37. The van der Waals surface area contributed by atoms with Crippen LogP contribution >= 0.6 is 0 Å². The molecule has 0 bridgehead atoms. The first-order valence-electron chi connectivity index (χ1n) is 10.8. The van der Waals surface area contributed by atoms with Crippen LogP contribution in [-0.4, -0.2) is 19.7 Å². The molecule has 0 heterocycles. The lowest BCUT2D eigenvalue weighted by molar-refractivity contribution is -0.143. The van der Waals surface area contributed by atoms with Gasteiger partial charge in [0.2, 0.25) is 0 Å². The quantitative estimate of drug-likeness (QED) is 0.359. The first-order valence-corrected chi connectivity index (χ1v) is 10.8. The van der Waals surface area contributed by atoms with E-state index in [0.717, 1.165) is 24.9 Å². The van der Waals surface area contributed by atoms with Crippen molar-refractivity contribution in [2.24, 2.45) is 5.92 Å². The molecule has 33 heavy (non-hydrogen) atoms. The number of benzene rings is 2. The van der Waals surface area contributed by atoms with E-state index in [1.54, 1.807) is 12.1 Å². The molecular formula is C24H26F7NO. The number of halogens is 7. The van der Waals surface area contributed by atoms with Gasteiger partial charge < -0.3 is 10.1 Å². The Bertz CT molecular complexity index is 876. The molecule has 3 rings (SSSR count). The summed E-state index contributed by atoms with van der Waals surface area (Å²) < 4.78 is 98.4. The van der Waals surface area contributed by atoms with Gasteiger partial charge in [-0.1, -0.05) is 18.6 Å². The van der Waals surface area contributed by atoms with Gasteiger partial charge in [-0.3, -0.25) is 0 Å². The molecule has 3 atom stereocenters. The van der Waals surface area contributed by atoms with Crippen LogP contribution in [0.2, 0.25) is 0 Å². The Morgan fingerprint density at radius 1 is 0.909 bits per heavy atom. The van der Waals surface area contributed by atoms with Crippen LogP contribution in [0.25, 0.3) is 0 Å². The minimum atomic E-state index is -4.91. The monoisotopic (exact) mass is 477 g/mol. The van der Waals surface area contributed by atoms with Crippen molar-refractivity contribution in [3.8, 4) is 0 Å². The topological polar surface area (TPSA) is 21.3 Å². The van der Waals surface area contributed by atoms with Crippen LogP contribution in [0.3, 0.4) is 0 Å². The zero-order valence-corrected chi connectivity index (χ0v) is 18.1. The third-order valence-corrected chi connectivity index (χ3v) is 6.04. The van der Waals surface area contributed by atoms with Crippen molar-refractivity contribution in [1.29, 1.82) is 0 Å². The number of hydrogen-bond acceptors (Lipinski definition) is 2. The molecule has 0 radical (unpaired) electrons. The predicted molar refractivity (Wildman–Crippen MR) is 110 cm³/mol. The minimum absolute atomic E-state index is 0.110. The third kappa shape index (κ3) is 6.93. The van der Waals surface area contributed by atoms with Gasteiger partial charge in [-0.15, -0.1) is 0 Å². The summed E-state index contributed by atoms with van der Waals surface area (Å²) in [5.74, 6) is -0.219. The molecule has 1 fully saturated rings. The highest BCUT2D eigenvalue weighted by Crippen LogP contribution is 2.39. The second-order valence-electron chi connectivity index (χ2n) is 8.51. The van der Waals surface area contributed by atoms with E-state index in [1.807, 2.05) is 7.05 Å². The van der Waals surface area contributed by atoms with E-state index in [-0.39, 0.29) is 30.0 Å². The third-order valence-electron chi connectivity index (χ3n) is 6.04. The van der Waals surface area contributed by atoms with Gasteiger partial charge in [0, 0.05) is 5.92 Å². The average Bonchev–Trinajstić information content (AvgIpc) is 2.94. The fourth-order valence-corrected chi connectivity index (χ4v) is 4.48. The Morgan fingerprint density at radius 2 is 1.52 bits per heavy atom. The van der Waals surface area contributed by atoms with Crippen LogP contribution in [0.15, 0.2) is 42.5 Å². The number of alkyl halides is 6. The van der Waals surface area contributed by atoms with Crippen molar-refractivity contribution in [3.05, 3.63) is 70.5 Å². The summed E-state index contributed by atoms with van der Waals surface area (Å²) in [5.41, 5.74) is -2.07. The molecule has 0 unspecified atom stereocenters. The molecule has 2 aromatic rings. The van der Waals surface area contributed by atoms with E-state index >= 15 is 0 Å². The van der Waals surface area contributed by atoms with Crippen molar-refractivity contribution in [1.82, 2.24) is 5.32 Å². The maximum absolute atomic E-state index is 13.4. The maximum atomic E-state index is 13.4. The summed E-state index contributed by atoms with van der Waals surface area (Å²) in [7, 11) is 1.84. The molecule has 1 saturated carbocycles. The van der Waals surface area contributed by atoms with Gasteiger partial charge in [0.1, 0.15) is 5.82 Å². The molecular weight excluding hydrogens is 451 g/mol. The Balaban J connectivity index is 1.86. The molecule has 1 aliphatic rings. The van der Waals surface area contributed by atoms with Crippen LogP contribution < -0.4 is 5.32 Å². The van der Waals surface area contributed by atoms with Crippen molar-refractivity contribution in [2.45, 2.75) is 56.7 Å². The van der Waals surface area contributed by atoms with Crippen molar-refractivity contribution in [3.63, 3.8) is 0 Å². The maximum Gasteiger partial charge on any atom is 0.416 e. The van der Waals surface area contributed by atoms with Gasteiger partial charge in [0.15, 0.2) is 0 Å². The van der Waals surface area contributed by atoms with Crippen LogP contribution in [0.4, 0.5) is 30.7 Å². The number of rotatable bonds is 6. The lowest BCUT2D eigenvalue weighted by Gasteiger charge is -2.28. The second kappa shape index (κ2) is 10.4. The van der Waals surface area contributed by atoms with Crippen molar-refractivity contribution >= 4 is 0 Å². The number of ether oxygens (including phenoxy) is 1. The van der Waals surface area contributed by atoms with Gasteiger partial charge in [-0.2, -0.15) is 26.3 Å². The summed E-state index contributed by atoms with van der Waals surface area (Å²) in [6, 6.07) is 7.50. The summed E-state index contributed by atoms with van der Waals surface area (Å²) in [6.07, 6.45) is -7.18. The van der Waals surface area contributed by atoms with E-state index in [1.165, 1.54) is 12.1 Å². The lowest BCUT2D eigenvalue weighted by atomic mass is 9.85. The largest absolute Gasteiger partial charge is 0.416 e. The SMILES string of the molecule is CNC[C@@H]1CCC[C@H](OCc2cc(C(F)(F)F)cc(C(F)(F)F)c2)[C@@H](c2ccc(F)cc2)C1. The Kier molecular flexibility index (Phi) is 8.05. The summed E-state index contributed by atoms with van der Waals surface area (Å²) in [5, 5.41) is 3.15. The first kappa shape index (κ1) is 25.5. The van der Waals surface area contributed by atoms with Crippen LogP contribution in [-0.2, 0) is 23.7 Å². The second-order valence-corrected chi connectivity index (χ2v) is 8.51. The van der Waals surface area contributed by atoms with Gasteiger partial charge >= 0.3 is 12.4 Å². The van der Waals surface area contributed by atoms with E-state index < -0.39 is 29.6 Å². The Morgan fingerprint density at radius 3 is 2.06 bits per heavy atom. The van der Waals surface area contributed by atoms with Crippen molar-refractivity contribution < 1.29 is 35.5 Å². The summed E-state index contributed by atoms with van der Waals surface area (Å²) >= 11 is 0. The molecule has 0 aromatic heterocycles. The molecule has 0 amide bonds. The minimum Gasteiger partial charge on any atom is -0.373 e. The standard InChI is InChI=1S/C24H26F7NO/c1-32-13-15-3-2-4-22(21(11-15)17-5-7-20(25)8-6-17)33-14-16-9-18(23(26,27)28)12-19(10-16)24(29,30)31/h5-10,12,15,21-22,32H,2-4,11,13-14H2,1H3/t15-,21-,22+/m1/s1. The number of hydrogen-bond donors (Lipinski definition) is 1. The van der Waals surface area contributed by atoms with Crippen LogP contribution in [0.5, 0.6) is 0 Å². The summed E-state index contributed by atoms with van der Waals surface area (Å²) in [4.78, 5) is 0. The van der Waals surface area contributed by atoms with E-state index in [0.29, 0.717) is 30.9 Å². The number of nitrogens with one attached hydrogen (secondary N) is 1. The smallest absolute Gasteiger partial charge is 0.373 e. The molecule has 9 heteroatoms. The van der Waals surface area contributed by atoms with E-state index in [2.05, 4.69) is 5.32 Å². The fourth-order valence-electron chi connectivity index (χ4n) is 4.48. The van der Waals surface area contributed by atoms with Crippen LogP contribution in [0.1, 0.15) is 53.9 Å². The summed E-state index contributed by atoms with van der Waals surface area (Å²) in [6.45, 7) is 0.388. The molecule has 182 valence electrons. The average molecular weight is 477 g/mol. The fraction of sp³-hybridized carbons (Fsp3) is 0.500. The predicted octanol–water partition coefficient (Wildman–Crippen LogP) is 6.94. The molecule has 1 aliphatic carbocycles.